The van der Waals surface area contributed by atoms with Crippen molar-refractivity contribution in [1.29, 1.82) is 0 Å². The lowest BCUT2D eigenvalue weighted by molar-refractivity contribution is 0.0734. The predicted molar refractivity (Wildman–Crippen MR) is 85.2 cm³/mol. The van der Waals surface area contributed by atoms with Gasteiger partial charge in [0.1, 0.15) is 18.2 Å². The zero-order chi connectivity index (χ0) is 15.7. The molecule has 114 valence electrons. The smallest absolute Gasteiger partial charge is 0.256 e. The largest absolute Gasteiger partial charge is 0.491 e. The van der Waals surface area contributed by atoms with Gasteiger partial charge in [-0.1, -0.05) is 22.0 Å². The number of amides is 1. The SMILES string of the molecule is Nc1cc(Br)ccc1C(=O)N1CCOc2cc(F)ccc2C1. The quantitative estimate of drug-likeness (QED) is 0.790. The zero-order valence-corrected chi connectivity index (χ0v) is 13.3. The summed E-state index contributed by atoms with van der Waals surface area (Å²) in [5.74, 6) is -0.0273. The van der Waals surface area contributed by atoms with Crippen LogP contribution in [0.1, 0.15) is 15.9 Å². The summed E-state index contributed by atoms with van der Waals surface area (Å²) in [7, 11) is 0. The van der Waals surface area contributed by atoms with Crippen LogP contribution in [0, 0.1) is 5.82 Å². The van der Waals surface area contributed by atoms with Gasteiger partial charge in [-0.05, 0) is 24.3 Å². The van der Waals surface area contributed by atoms with Gasteiger partial charge in [-0.15, -0.1) is 0 Å². The number of anilines is 1. The third-order valence-electron chi connectivity index (χ3n) is 3.54. The first-order valence-electron chi connectivity index (χ1n) is 6.80. The molecule has 0 radical (unpaired) electrons. The van der Waals surface area contributed by atoms with Crippen molar-refractivity contribution in [1.82, 2.24) is 4.90 Å². The van der Waals surface area contributed by atoms with E-state index in [9.17, 15) is 9.18 Å². The molecule has 2 N–H and O–H groups in total. The Morgan fingerprint density at radius 3 is 2.86 bits per heavy atom. The lowest BCUT2D eigenvalue weighted by atomic mass is 10.1. The number of fused-ring (bicyclic) bond motifs is 1. The molecule has 1 amide bonds. The Morgan fingerprint density at radius 1 is 1.27 bits per heavy atom. The number of nitrogen functional groups attached to an aromatic ring is 1. The molecule has 0 fully saturated rings. The molecule has 1 heterocycles. The van der Waals surface area contributed by atoms with Crippen LogP contribution in [0.2, 0.25) is 0 Å². The highest BCUT2D eigenvalue weighted by Crippen LogP contribution is 2.26. The Balaban J connectivity index is 1.88. The number of benzene rings is 2. The van der Waals surface area contributed by atoms with E-state index in [0.717, 1.165) is 10.0 Å². The van der Waals surface area contributed by atoms with Crippen LogP contribution in [0.4, 0.5) is 10.1 Å². The van der Waals surface area contributed by atoms with Gasteiger partial charge >= 0.3 is 0 Å². The van der Waals surface area contributed by atoms with Crippen LogP contribution >= 0.6 is 15.9 Å². The molecule has 0 saturated heterocycles. The molecular weight excluding hydrogens is 351 g/mol. The van der Waals surface area contributed by atoms with Crippen molar-refractivity contribution >= 4 is 27.5 Å². The highest BCUT2D eigenvalue weighted by molar-refractivity contribution is 9.10. The number of hydrogen-bond donors (Lipinski definition) is 1. The van der Waals surface area contributed by atoms with Gasteiger partial charge in [0.25, 0.3) is 5.91 Å². The lowest BCUT2D eigenvalue weighted by Gasteiger charge is -2.20. The molecule has 4 nitrogen and oxygen atoms in total. The lowest BCUT2D eigenvalue weighted by Crippen LogP contribution is -2.32. The standard InChI is InChI=1S/C16H14BrFN2O2/c17-11-2-4-13(14(19)7-11)16(21)20-5-6-22-15-8-12(18)3-1-10(15)9-20/h1-4,7-8H,5-6,9,19H2. The van der Waals surface area contributed by atoms with Gasteiger partial charge in [-0.3, -0.25) is 4.79 Å². The summed E-state index contributed by atoms with van der Waals surface area (Å²) in [6, 6.07) is 9.52. The fourth-order valence-corrected chi connectivity index (χ4v) is 2.79. The Morgan fingerprint density at radius 2 is 2.09 bits per heavy atom. The summed E-state index contributed by atoms with van der Waals surface area (Å²) in [6.07, 6.45) is 0. The Kier molecular flexibility index (Phi) is 4.02. The number of carbonyl (C=O) groups is 1. The summed E-state index contributed by atoms with van der Waals surface area (Å²) in [5.41, 5.74) is 7.58. The van der Waals surface area contributed by atoms with Crippen molar-refractivity contribution in [3.05, 3.63) is 57.8 Å². The van der Waals surface area contributed by atoms with Gasteiger partial charge in [-0.2, -0.15) is 0 Å². The van der Waals surface area contributed by atoms with E-state index in [1.807, 2.05) is 0 Å². The van der Waals surface area contributed by atoms with Crippen molar-refractivity contribution in [2.45, 2.75) is 6.54 Å². The predicted octanol–water partition coefficient (Wildman–Crippen LogP) is 3.21. The maximum atomic E-state index is 13.3. The van der Waals surface area contributed by atoms with Gasteiger partial charge in [0.05, 0.1) is 12.1 Å². The topological polar surface area (TPSA) is 55.6 Å². The van der Waals surface area contributed by atoms with E-state index >= 15 is 0 Å². The van der Waals surface area contributed by atoms with Crippen LogP contribution in [0.5, 0.6) is 5.75 Å². The highest BCUT2D eigenvalue weighted by atomic mass is 79.9. The third kappa shape index (κ3) is 2.92. The average Bonchev–Trinajstić information content (AvgIpc) is 2.68. The molecule has 1 aliphatic rings. The molecule has 1 aliphatic heterocycles. The molecule has 0 bridgehead atoms. The molecule has 3 rings (SSSR count). The van der Waals surface area contributed by atoms with Crippen LogP contribution in [0.15, 0.2) is 40.9 Å². The van der Waals surface area contributed by atoms with E-state index < -0.39 is 0 Å². The molecular formula is C16H14BrFN2O2. The van der Waals surface area contributed by atoms with Crippen LogP contribution < -0.4 is 10.5 Å². The average molecular weight is 365 g/mol. The monoisotopic (exact) mass is 364 g/mol. The molecule has 22 heavy (non-hydrogen) atoms. The number of nitrogens with zero attached hydrogens (tertiary/aromatic N) is 1. The van der Waals surface area contributed by atoms with Crippen LogP contribution in [0.25, 0.3) is 0 Å². The van der Waals surface area contributed by atoms with Crippen LogP contribution in [0.3, 0.4) is 0 Å². The number of hydrogen-bond acceptors (Lipinski definition) is 3. The normalized spacial score (nSPS) is 14.0. The zero-order valence-electron chi connectivity index (χ0n) is 11.7. The Labute approximate surface area is 135 Å². The number of halogens is 2. The van der Waals surface area contributed by atoms with E-state index in [0.29, 0.717) is 36.7 Å². The number of nitrogens with two attached hydrogens (primary N) is 1. The second kappa shape index (κ2) is 5.96. The number of rotatable bonds is 1. The first-order valence-corrected chi connectivity index (χ1v) is 7.59. The van der Waals surface area contributed by atoms with Crippen molar-refractivity contribution in [2.75, 3.05) is 18.9 Å². The molecule has 2 aromatic carbocycles. The van der Waals surface area contributed by atoms with E-state index in [2.05, 4.69) is 15.9 Å². The van der Waals surface area contributed by atoms with E-state index in [1.165, 1.54) is 12.1 Å². The summed E-state index contributed by atoms with van der Waals surface area (Å²) >= 11 is 3.32. The maximum Gasteiger partial charge on any atom is 0.256 e. The molecule has 0 unspecified atom stereocenters. The van der Waals surface area contributed by atoms with Crippen LogP contribution in [-0.4, -0.2) is 24.0 Å². The summed E-state index contributed by atoms with van der Waals surface area (Å²) in [6.45, 7) is 1.10. The second-order valence-electron chi connectivity index (χ2n) is 5.06. The first kappa shape index (κ1) is 14.8. The number of carbonyl (C=O) groups excluding carboxylic acids is 1. The molecule has 0 aliphatic carbocycles. The van der Waals surface area contributed by atoms with Gasteiger partial charge < -0.3 is 15.4 Å². The second-order valence-corrected chi connectivity index (χ2v) is 5.97. The van der Waals surface area contributed by atoms with E-state index in [-0.39, 0.29) is 11.7 Å². The van der Waals surface area contributed by atoms with Gasteiger partial charge in [-0.25, -0.2) is 4.39 Å². The van der Waals surface area contributed by atoms with Crippen molar-refractivity contribution in [2.24, 2.45) is 0 Å². The minimum atomic E-state index is -0.351. The van der Waals surface area contributed by atoms with Crippen molar-refractivity contribution in [3.63, 3.8) is 0 Å². The minimum absolute atomic E-state index is 0.161. The number of ether oxygens (including phenoxy) is 1. The Hall–Kier alpha value is -2.08. The highest BCUT2D eigenvalue weighted by Gasteiger charge is 2.22. The molecule has 0 saturated carbocycles. The van der Waals surface area contributed by atoms with Gasteiger partial charge in [0, 0.05) is 28.3 Å². The first-order chi connectivity index (χ1) is 10.5. The summed E-state index contributed by atoms with van der Waals surface area (Å²) in [5, 5.41) is 0. The molecule has 0 spiro atoms. The summed E-state index contributed by atoms with van der Waals surface area (Å²) in [4.78, 5) is 14.3. The third-order valence-corrected chi connectivity index (χ3v) is 4.03. The molecule has 6 heteroatoms. The maximum absolute atomic E-state index is 13.3. The van der Waals surface area contributed by atoms with Crippen molar-refractivity contribution in [3.8, 4) is 5.75 Å². The minimum Gasteiger partial charge on any atom is -0.491 e. The summed E-state index contributed by atoms with van der Waals surface area (Å²) < 4.78 is 19.6. The van der Waals surface area contributed by atoms with Crippen molar-refractivity contribution < 1.29 is 13.9 Å². The fraction of sp³-hybridized carbons (Fsp3) is 0.188. The van der Waals surface area contributed by atoms with E-state index in [4.69, 9.17) is 10.5 Å². The van der Waals surface area contributed by atoms with Gasteiger partial charge in [0.15, 0.2) is 0 Å². The molecule has 2 aromatic rings. The van der Waals surface area contributed by atoms with Crippen LogP contribution in [-0.2, 0) is 6.54 Å². The van der Waals surface area contributed by atoms with Gasteiger partial charge in [0.2, 0.25) is 0 Å². The Bertz CT molecular complexity index is 736. The van der Waals surface area contributed by atoms with E-state index in [1.54, 1.807) is 29.2 Å². The molecule has 0 aromatic heterocycles. The fourth-order valence-electron chi connectivity index (χ4n) is 2.42. The molecule has 0 atom stereocenters.